The lowest BCUT2D eigenvalue weighted by molar-refractivity contribution is -0.142. The Hall–Kier alpha value is -3.43. The van der Waals surface area contributed by atoms with Crippen LogP contribution in [-0.2, 0) is 26.0 Å². The van der Waals surface area contributed by atoms with E-state index >= 15 is 0 Å². The maximum atomic E-state index is 13.3. The fourth-order valence-electron chi connectivity index (χ4n) is 3.65. The van der Waals surface area contributed by atoms with Crippen LogP contribution in [0.4, 0.5) is 0 Å². The van der Waals surface area contributed by atoms with Crippen molar-refractivity contribution < 1.29 is 28.2 Å². The Morgan fingerprint density at radius 2 is 1.62 bits per heavy atom. The third kappa shape index (κ3) is 5.92. The van der Waals surface area contributed by atoms with Crippen LogP contribution in [0, 0.1) is 5.92 Å². The number of sulfonamides is 1. The first kappa shape index (κ1) is 25.2. The third-order valence-electron chi connectivity index (χ3n) is 5.81. The van der Waals surface area contributed by atoms with E-state index in [1.165, 1.54) is 18.2 Å². The summed E-state index contributed by atoms with van der Waals surface area (Å²) in [5.41, 5.74) is 0.599. The zero-order valence-electron chi connectivity index (χ0n) is 18.9. The van der Waals surface area contributed by atoms with Crippen molar-refractivity contribution >= 4 is 32.7 Å². The van der Waals surface area contributed by atoms with Gasteiger partial charge >= 0.3 is 5.97 Å². The van der Waals surface area contributed by atoms with Crippen LogP contribution in [0.3, 0.4) is 0 Å². The van der Waals surface area contributed by atoms with Crippen LogP contribution in [0.25, 0.3) is 10.8 Å². The highest BCUT2D eigenvalue weighted by Gasteiger charge is 2.33. The summed E-state index contributed by atoms with van der Waals surface area (Å²) in [5.74, 6) is -2.32. The molecule has 0 aliphatic carbocycles. The molecule has 0 fully saturated rings. The molecule has 0 radical (unpaired) electrons. The van der Waals surface area contributed by atoms with Crippen molar-refractivity contribution in [2.45, 2.75) is 43.7 Å². The number of aliphatic carboxylic acids is 1. The quantitative estimate of drug-likeness (QED) is 0.350. The van der Waals surface area contributed by atoms with E-state index < -0.39 is 39.9 Å². The summed E-state index contributed by atoms with van der Waals surface area (Å²) < 4.78 is 29.1. The molecule has 0 bridgehead atoms. The number of carbonyl (C=O) groups excluding carboxylic acids is 1. The van der Waals surface area contributed by atoms with Crippen molar-refractivity contribution in [2.24, 2.45) is 5.92 Å². The minimum atomic E-state index is -4.09. The van der Waals surface area contributed by atoms with Crippen molar-refractivity contribution in [3.05, 3.63) is 72.3 Å². The Kier molecular flexibility index (Phi) is 7.90. The van der Waals surface area contributed by atoms with Crippen molar-refractivity contribution in [3.63, 3.8) is 0 Å². The molecule has 3 aromatic rings. The molecule has 0 aromatic heterocycles. The number of phenols is 1. The molecule has 3 rings (SSSR count). The number of rotatable bonds is 10. The van der Waals surface area contributed by atoms with Gasteiger partial charge in [0.1, 0.15) is 17.8 Å². The van der Waals surface area contributed by atoms with Crippen LogP contribution in [0.15, 0.2) is 71.6 Å². The van der Waals surface area contributed by atoms with Crippen LogP contribution in [0.2, 0.25) is 0 Å². The van der Waals surface area contributed by atoms with Crippen LogP contribution >= 0.6 is 0 Å². The van der Waals surface area contributed by atoms with Crippen molar-refractivity contribution in [1.29, 1.82) is 0 Å². The number of aromatic hydroxyl groups is 1. The van der Waals surface area contributed by atoms with E-state index in [9.17, 15) is 28.2 Å². The first-order chi connectivity index (χ1) is 16.1. The Morgan fingerprint density at radius 1 is 0.971 bits per heavy atom. The molecule has 4 N–H and O–H groups in total. The number of carboxylic acids is 1. The summed E-state index contributed by atoms with van der Waals surface area (Å²) in [6, 6.07) is 15.5. The van der Waals surface area contributed by atoms with Gasteiger partial charge in [-0.15, -0.1) is 0 Å². The average Bonchev–Trinajstić information content (AvgIpc) is 2.82. The molecule has 9 heteroatoms. The van der Waals surface area contributed by atoms with Gasteiger partial charge in [0.25, 0.3) is 0 Å². The van der Waals surface area contributed by atoms with E-state index in [0.29, 0.717) is 17.4 Å². The fraction of sp³-hybridized carbons (Fsp3) is 0.280. The highest BCUT2D eigenvalue weighted by molar-refractivity contribution is 7.89. The number of fused-ring (bicyclic) bond motifs is 1. The molecule has 34 heavy (non-hydrogen) atoms. The lowest BCUT2D eigenvalue weighted by Crippen LogP contribution is -2.54. The molecule has 3 atom stereocenters. The van der Waals surface area contributed by atoms with Gasteiger partial charge in [-0.2, -0.15) is 4.72 Å². The number of carbonyl (C=O) groups is 2. The second-order valence-electron chi connectivity index (χ2n) is 8.23. The van der Waals surface area contributed by atoms with Gasteiger partial charge < -0.3 is 15.5 Å². The van der Waals surface area contributed by atoms with E-state index in [1.54, 1.807) is 49.4 Å². The minimum absolute atomic E-state index is 0.0232. The highest BCUT2D eigenvalue weighted by Crippen LogP contribution is 2.24. The highest BCUT2D eigenvalue weighted by atomic mass is 32.2. The maximum absolute atomic E-state index is 13.3. The largest absolute Gasteiger partial charge is 0.508 e. The molecular formula is C25H28N2O6S. The Morgan fingerprint density at radius 3 is 2.26 bits per heavy atom. The number of nitrogens with one attached hydrogen (secondary N) is 2. The van der Waals surface area contributed by atoms with Gasteiger partial charge in [0.05, 0.1) is 4.90 Å². The summed E-state index contributed by atoms with van der Waals surface area (Å²) in [6.45, 7) is 3.55. The molecule has 0 heterocycles. The lowest BCUT2D eigenvalue weighted by atomic mass is 9.98. The van der Waals surface area contributed by atoms with Gasteiger partial charge in [0.15, 0.2) is 0 Å². The van der Waals surface area contributed by atoms with E-state index in [-0.39, 0.29) is 17.1 Å². The Balaban J connectivity index is 1.86. The van der Waals surface area contributed by atoms with Gasteiger partial charge in [0, 0.05) is 11.8 Å². The standard InChI is InChI=1S/C25H28N2O6S/c1-3-16(2)23(24(29)26-21(25(30)31)15-17-11-13-19(28)14-12-17)27-34(32,33)22-10-6-8-18-7-4-5-9-20(18)22/h4-14,16,21,23,27-28H,3,15H2,1-2H3,(H,26,29)(H,30,31)/t16-,21-,23-/m0/s1. The maximum Gasteiger partial charge on any atom is 0.326 e. The summed E-state index contributed by atoms with van der Waals surface area (Å²) in [7, 11) is -4.09. The summed E-state index contributed by atoms with van der Waals surface area (Å²) in [4.78, 5) is 25.0. The third-order valence-corrected chi connectivity index (χ3v) is 7.31. The molecule has 0 aliphatic heterocycles. The zero-order valence-corrected chi connectivity index (χ0v) is 19.7. The SMILES string of the molecule is CC[C@H](C)[C@H](NS(=O)(=O)c1cccc2ccccc12)C(=O)N[C@@H](Cc1ccc(O)cc1)C(=O)O. The smallest absolute Gasteiger partial charge is 0.326 e. The second kappa shape index (κ2) is 10.7. The van der Waals surface area contributed by atoms with E-state index in [0.717, 1.165) is 5.39 Å². The molecule has 0 aliphatic rings. The van der Waals surface area contributed by atoms with Gasteiger partial charge in [-0.05, 0) is 35.1 Å². The lowest BCUT2D eigenvalue weighted by Gasteiger charge is -2.25. The van der Waals surface area contributed by atoms with Crippen molar-refractivity contribution in [2.75, 3.05) is 0 Å². The zero-order chi connectivity index (χ0) is 24.9. The van der Waals surface area contributed by atoms with Crippen molar-refractivity contribution in [3.8, 4) is 5.75 Å². The first-order valence-electron chi connectivity index (χ1n) is 10.9. The predicted octanol–water partition coefficient (Wildman–Crippen LogP) is 3.05. The van der Waals surface area contributed by atoms with Gasteiger partial charge in [-0.1, -0.05) is 68.8 Å². The van der Waals surface area contributed by atoms with E-state index in [1.807, 2.05) is 13.0 Å². The normalized spacial score (nSPS) is 14.3. The molecule has 180 valence electrons. The molecule has 0 spiro atoms. The van der Waals surface area contributed by atoms with E-state index in [2.05, 4.69) is 10.0 Å². The van der Waals surface area contributed by atoms with Gasteiger partial charge in [-0.25, -0.2) is 13.2 Å². The van der Waals surface area contributed by atoms with Crippen LogP contribution in [0.1, 0.15) is 25.8 Å². The summed E-state index contributed by atoms with van der Waals surface area (Å²) in [5, 5.41) is 22.8. The Labute approximate surface area is 198 Å². The van der Waals surface area contributed by atoms with Crippen LogP contribution in [0.5, 0.6) is 5.75 Å². The predicted molar refractivity (Wildman–Crippen MR) is 129 cm³/mol. The van der Waals surface area contributed by atoms with Gasteiger partial charge in [-0.3, -0.25) is 4.79 Å². The number of hydrogen-bond donors (Lipinski definition) is 4. The van der Waals surface area contributed by atoms with Crippen molar-refractivity contribution in [1.82, 2.24) is 10.0 Å². The number of amides is 1. The number of phenolic OH excluding ortho intramolecular Hbond substituents is 1. The molecule has 0 unspecified atom stereocenters. The van der Waals surface area contributed by atoms with Gasteiger partial charge in [0.2, 0.25) is 15.9 Å². The topological polar surface area (TPSA) is 133 Å². The minimum Gasteiger partial charge on any atom is -0.508 e. The molecule has 0 saturated heterocycles. The number of benzene rings is 3. The Bertz CT molecular complexity index is 1270. The molecular weight excluding hydrogens is 456 g/mol. The first-order valence-corrected chi connectivity index (χ1v) is 12.4. The summed E-state index contributed by atoms with van der Waals surface area (Å²) >= 11 is 0. The number of hydrogen-bond acceptors (Lipinski definition) is 5. The van der Waals surface area contributed by atoms with E-state index in [4.69, 9.17) is 0 Å². The van der Waals surface area contributed by atoms with Crippen LogP contribution < -0.4 is 10.0 Å². The molecule has 1 amide bonds. The fourth-order valence-corrected chi connectivity index (χ4v) is 5.19. The molecule has 0 saturated carbocycles. The number of carboxylic acid groups (broad SMARTS) is 1. The average molecular weight is 485 g/mol. The molecule has 3 aromatic carbocycles. The monoisotopic (exact) mass is 484 g/mol. The summed E-state index contributed by atoms with van der Waals surface area (Å²) in [6.07, 6.45) is 0.469. The van der Waals surface area contributed by atoms with Crippen LogP contribution in [-0.4, -0.2) is 42.6 Å². The second-order valence-corrected chi connectivity index (χ2v) is 9.91. The molecule has 8 nitrogen and oxygen atoms in total.